The number of hydrogen-bond acceptors (Lipinski definition) is 4. The molecule has 0 aliphatic carbocycles. The summed E-state index contributed by atoms with van der Waals surface area (Å²) in [6, 6.07) is 7.98. The van der Waals surface area contributed by atoms with Crippen molar-refractivity contribution in [1.82, 2.24) is 15.5 Å². The Kier molecular flexibility index (Phi) is 2.33. The van der Waals surface area contributed by atoms with Crippen molar-refractivity contribution in [2.24, 2.45) is 0 Å². The Labute approximate surface area is 117 Å². The van der Waals surface area contributed by atoms with Gasteiger partial charge >= 0.3 is 0 Å². The molecule has 4 heterocycles. The summed E-state index contributed by atoms with van der Waals surface area (Å²) in [6.07, 6.45) is 0. The molecule has 2 N–H and O–H groups in total. The zero-order chi connectivity index (χ0) is 12.8. The Bertz CT molecular complexity index is 728. The summed E-state index contributed by atoms with van der Waals surface area (Å²) in [5.74, 6) is -0.104. The summed E-state index contributed by atoms with van der Waals surface area (Å²) in [6.45, 7) is 0. The fourth-order valence-corrected chi connectivity index (χ4v) is 3.87. The molecule has 1 unspecified atom stereocenters. The Hall–Kier alpha value is -1.92. The summed E-state index contributed by atoms with van der Waals surface area (Å²) >= 11 is 3.28. The maximum atomic E-state index is 12.0. The molecule has 0 saturated carbocycles. The van der Waals surface area contributed by atoms with Crippen LogP contribution in [0.4, 0.5) is 0 Å². The highest BCUT2D eigenvalue weighted by Gasteiger charge is 2.36. The number of carbonyl (C=O) groups is 1. The van der Waals surface area contributed by atoms with E-state index in [1.807, 2.05) is 35.0 Å². The molecule has 4 rings (SSSR count). The Balaban J connectivity index is 1.91. The predicted octanol–water partition coefficient (Wildman–Crippen LogP) is 3.03. The lowest BCUT2D eigenvalue weighted by Crippen LogP contribution is -2.20. The SMILES string of the molecule is O=C1NC(c2cccs2)c2c1n[nH]c2-c1cccs1. The monoisotopic (exact) mass is 287 g/mol. The molecule has 3 aromatic rings. The predicted molar refractivity (Wildman–Crippen MR) is 75.5 cm³/mol. The van der Waals surface area contributed by atoms with Crippen molar-refractivity contribution < 1.29 is 4.79 Å². The average Bonchev–Trinajstić information content (AvgIpc) is 3.16. The molecule has 4 nitrogen and oxygen atoms in total. The number of nitrogens with one attached hydrogen (secondary N) is 2. The summed E-state index contributed by atoms with van der Waals surface area (Å²) < 4.78 is 0. The first-order valence-electron chi connectivity index (χ1n) is 5.81. The summed E-state index contributed by atoms with van der Waals surface area (Å²) in [7, 11) is 0. The first-order chi connectivity index (χ1) is 9.34. The number of H-pyrrole nitrogens is 1. The van der Waals surface area contributed by atoms with Gasteiger partial charge in [0.05, 0.1) is 16.6 Å². The van der Waals surface area contributed by atoms with Crippen LogP contribution in [0.1, 0.15) is 27.0 Å². The lowest BCUT2D eigenvalue weighted by molar-refractivity contribution is 0.0956. The van der Waals surface area contributed by atoms with Crippen LogP contribution in [0, 0.1) is 0 Å². The van der Waals surface area contributed by atoms with Gasteiger partial charge in [-0.05, 0) is 22.9 Å². The second kappa shape index (κ2) is 4.04. The lowest BCUT2D eigenvalue weighted by atomic mass is 10.1. The quantitative estimate of drug-likeness (QED) is 0.761. The number of nitrogens with zero attached hydrogens (tertiary/aromatic N) is 1. The Morgan fingerprint density at radius 1 is 1.16 bits per heavy atom. The molecule has 1 amide bonds. The first kappa shape index (κ1) is 11.0. The van der Waals surface area contributed by atoms with Gasteiger partial charge in [-0.15, -0.1) is 22.7 Å². The lowest BCUT2D eigenvalue weighted by Gasteiger charge is -2.10. The highest BCUT2D eigenvalue weighted by Crippen LogP contribution is 2.39. The van der Waals surface area contributed by atoms with Crippen LogP contribution in [0.3, 0.4) is 0 Å². The molecule has 1 atom stereocenters. The van der Waals surface area contributed by atoms with Crippen molar-refractivity contribution in [3.8, 4) is 10.6 Å². The molecule has 94 valence electrons. The smallest absolute Gasteiger partial charge is 0.272 e. The van der Waals surface area contributed by atoms with E-state index in [0.29, 0.717) is 5.69 Å². The summed E-state index contributed by atoms with van der Waals surface area (Å²) in [4.78, 5) is 14.2. The van der Waals surface area contributed by atoms with E-state index in [9.17, 15) is 4.79 Å². The fourth-order valence-electron chi connectivity index (χ4n) is 2.35. The number of thiophene rings is 2. The minimum absolute atomic E-state index is 0.0849. The van der Waals surface area contributed by atoms with Crippen molar-refractivity contribution in [2.75, 3.05) is 0 Å². The van der Waals surface area contributed by atoms with Gasteiger partial charge in [0.15, 0.2) is 5.69 Å². The second-order valence-corrected chi connectivity index (χ2v) is 6.19. The third kappa shape index (κ3) is 1.57. The zero-order valence-corrected chi connectivity index (χ0v) is 11.3. The van der Waals surface area contributed by atoms with E-state index in [1.165, 1.54) is 0 Å². The molecule has 19 heavy (non-hydrogen) atoms. The minimum atomic E-state index is -0.104. The number of fused-ring (bicyclic) bond motifs is 1. The zero-order valence-electron chi connectivity index (χ0n) is 9.71. The largest absolute Gasteiger partial charge is 0.339 e. The maximum absolute atomic E-state index is 12.0. The van der Waals surface area contributed by atoms with Crippen LogP contribution >= 0.6 is 22.7 Å². The van der Waals surface area contributed by atoms with Gasteiger partial charge in [0.1, 0.15) is 0 Å². The van der Waals surface area contributed by atoms with E-state index < -0.39 is 0 Å². The van der Waals surface area contributed by atoms with Crippen LogP contribution in [-0.4, -0.2) is 16.1 Å². The van der Waals surface area contributed by atoms with Gasteiger partial charge < -0.3 is 5.32 Å². The topological polar surface area (TPSA) is 57.8 Å². The second-order valence-electron chi connectivity index (χ2n) is 4.26. The molecular formula is C13H9N3OS2. The van der Waals surface area contributed by atoms with Crippen LogP contribution in [0.5, 0.6) is 0 Å². The molecule has 1 aliphatic rings. The van der Waals surface area contributed by atoms with E-state index in [4.69, 9.17) is 0 Å². The van der Waals surface area contributed by atoms with Gasteiger partial charge in [-0.1, -0.05) is 12.1 Å². The van der Waals surface area contributed by atoms with E-state index in [0.717, 1.165) is 21.0 Å². The third-order valence-corrected chi connectivity index (χ3v) is 5.00. The number of aromatic amines is 1. The van der Waals surface area contributed by atoms with E-state index in [-0.39, 0.29) is 11.9 Å². The van der Waals surface area contributed by atoms with Crippen LogP contribution < -0.4 is 5.32 Å². The number of amides is 1. The molecular weight excluding hydrogens is 278 g/mol. The third-order valence-electron chi connectivity index (χ3n) is 3.18. The van der Waals surface area contributed by atoms with Gasteiger partial charge in [0, 0.05) is 10.4 Å². The standard InChI is InChI=1S/C13H9N3OS2/c17-13-12-9(10(14-13)7-3-1-5-18-7)11(15-16-12)8-4-2-6-19-8/h1-6,10H,(H,14,17)(H,15,16). The highest BCUT2D eigenvalue weighted by atomic mass is 32.1. The van der Waals surface area contributed by atoms with Gasteiger partial charge in [-0.3, -0.25) is 9.89 Å². The molecule has 1 aliphatic heterocycles. The van der Waals surface area contributed by atoms with Crippen molar-refractivity contribution in [2.45, 2.75) is 6.04 Å². The Morgan fingerprint density at radius 2 is 2.00 bits per heavy atom. The molecule has 0 aromatic carbocycles. The molecule has 0 radical (unpaired) electrons. The van der Waals surface area contributed by atoms with E-state index in [2.05, 4.69) is 15.5 Å². The fraction of sp³-hybridized carbons (Fsp3) is 0.0769. The number of aromatic nitrogens is 2. The molecule has 0 fully saturated rings. The van der Waals surface area contributed by atoms with Gasteiger partial charge in [-0.2, -0.15) is 5.10 Å². The molecule has 6 heteroatoms. The van der Waals surface area contributed by atoms with Crippen molar-refractivity contribution in [1.29, 1.82) is 0 Å². The molecule has 3 aromatic heterocycles. The average molecular weight is 287 g/mol. The van der Waals surface area contributed by atoms with Crippen LogP contribution in [0.25, 0.3) is 10.6 Å². The first-order valence-corrected chi connectivity index (χ1v) is 7.57. The van der Waals surface area contributed by atoms with Gasteiger partial charge in [-0.25, -0.2) is 0 Å². The molecule has 0 spiro atoms. The number of rotatable bonds is 2. The number of hydrogen-bond donors (Lipinski definition) is 2. The summed E-state index contributed by atoms with van der Waals surface area (Å²) in [5, 5.41) is 14.2. The van der Waals surface area contributed by atoms with Crippen LogP contribution in [-0.2, 0) is 0 Å². The van der Waals surface area contributed by atoms with Gasteiger partial charge in [0.2, 0.25) is 0 Å². The maximum Gasteiger partial charge on any atom is 0.272 e. The normalized spacial score (nSPS) is 17.5. The van der Waals surface area contributed by atoms with Crippen LogP contribution in [0.2, 0.25) is 0 Å². The van der Waals surface area contributed by atoms with Crippen molar-refractivity contribution in [3.05, 3.63) is 51.2 Å². The summed E-state index contributed by atoms with van der Waals surface area (Å²) in [5.41, 5.74) is 2.43. The van der Waals surface area contributed by atoms with Crippen molar-refractivity contribution in [3.63, 3.8) is 0 Å². The van der Waals surface area contributed by atoms with Crippen LogP contribution in [0.15, 0.2) is 35.0 Å². The number of carbonyl (C=O) groups excluding carboxylic acids is 1. The Morgan fingerprint density at radius 3 is 2.74 bits per heavy atom. The minimum Gasteiger partial charge on any atom is -0.339 e. The van der Waals surface area contributed by atoms with Gasteiger partial charge in [0.25, 0.3) is 5.91 Å². The van der Waals surface area contributed by atoms with E-state index in [1.54, 1.807) is 22.7 Å². The van der Waals surface area contributed by atoms with E-state index >= 15 is 0 Å². The molecule has 0 saturated heterocycles. The van der Waals surface area contributed by atoms with Crippen molar-refractivity contribution >= 4 is 28.6 Å². The highest BCUT2D eigenvalue weighted by molar-refractivity contribution is 7.13. The molecule has 0 bridgehead atoms.